The quantitative estimate of drug-likeness (QED) is 0.515. The zero-order chi connectivity index (χ0) is 20.5. The molecule has 1 amide bonds. The SMILES string of the molecule is CCC(NCCOCC1COC2=C(C=CCC2)O1)C(C)C(=O)NCC1CCCC1. The van der Waals surface area contributed by atoms with E-state index >= 15 is 0 Å². The fourth-order valence-electron chi connectivity index (χ4n) is 4.37. The maximum Gasteiger partial charge on any atom is 0.224 e. The third-order valence-electron chi connectivity index (χ3n) is 6.27. The Morgan fingerprint density at radius 3 is 2.97 bits per heavy atom. The molecule has 2 N–H and O–H groups in total. The molecule has 2 aliphatic carbocycles. The van der Waals surface area contributed by atoms with Gasteiger partial charge in [0, 0.05) is 25.6 Å². The minimum absolute atomic E-state index is 0.0417. The van der Waals surface area contributed by atoms with Crippen LogP contribution < -0.4 is 10.6 Å². The lowest BCUT2D eigenvalue weighted by Crippen LogP contribution is -2.45. The predicted molar refractivity (Wildman–Crippen MR) is 113 cm³/mol. The van der Waals surface area contributed by atoms with Crippen LogP contribution in [0.15, 0.2) is 23.7 Å². The van der Waals surface area contributed by atoms with Crippen LogP contribution in [0.5, 0.6) is 0 Å². The van der Waals surface area contributed by atoms with Gasteiger partial charge in [-0.05, 0) is 37.7 Å². The van der Waals surface area contributed by atoms with E-state index < -0.39 is 0 Å². The maximum atomic E-state index is 12.5. The summed E-state index contributed by atoms with van der Waals surface area (Å²) in [4.78, 5) is 12.5. The number of ether oxygens (including phenoxy) is 3. The molecule has 3 rings (SSSR count). The number of hydrogen-bond acceptors (Lipinski definition) is 5. The van der Waals surface area contributed by atoms with Gasteiger partial charge in [-0.1, -0.05) is 32.8 Å². The topological polar surface area (TPSA) is 68.8 Å². The van der Waals surface area contributed by atoms with Crippen molar-refractivity contribution < 1.29 is 19.0 Å². The average molecular weight is 407 g/mol. The highest BCUT2D eigenvalue weighted by Gasteiger charge is 2.25. The van der Waals surface area contributed by atoms with Gasteiger partial charge in [0.1, 0.15) is 12.4 Å². The highest BCUT2D eigenvalue weighted by molar-refractivity contribution is 5.79. The van der Waals surface area contributed by atoms with E-state index in [1.807, 2.05) is 13.0 Å². The number of carbonyl (C=O) groups excluding carboxylic acids is 1. The van der Waals surface area contributed by atoms with E-state index in [1.165, 1.54) is 25.7 Å². The zero-order valence-electron chi connectivity index (χ0n) is 18.1. The summed E-state index contributed by atoms with van der Waals surface area (Å²) in [7, 11) is 0. The molecule has 1 heterocycles. The zero-order valence-corrected chi connectivity index (χ0v) is 18.1. The molecule has 1 fully saturated rings. The van der Waals surface area contributed by atoms with E-state index in [0.717, 1.165) is 43.9 Å². The Morgan fingerprint density at radius 1 is 1.34 bits per heavy atom. The lowest BCUT2D eigenvalue weighted by atomic mass is 9.98. The van der Waals surface area contributed by atoms with Crippen molar-refractivity contribution in [3.05, 3.63) is 23.7 Å². The van der Waals surface area contributed by atoms with Crippen LogP contribution in [0.25, 0.3) is 0 Å². The second-order valence-corrected chi connectivity index (χ2v) is 8.51. The summed E-state index contributed by atoms with van der Waals surface area (Å²) in [6.07, 6.45) is 12.0. The normalized spacial score (nSPS) is 23.9. The lowest BCUT2D eigenvalue weighted by molar-refractivity contribution is -0.125. The fraction of sp³-hybridized carbons (Fsp3) is 0.783. The first-order valence-corrected chi connectivity index (χ1v) is 11.4. The molecular formula is C23H38N2O4. The molecule has 164 valence electrons. The van der Waals surface area contributed by atoms with Crippen LogP contribution >= 0.6 is 0 Å². The van der Waals surface area contributed by atoms with Crippen molar-refractivity contribution in [2.75, 3.05) is 32.9 Å². The second-order valence-electron chi connectivity index (χ2n) is 8.51. The minimum Gasteiger partial charge on any atom is -0.490 e. The van der Waals surface area contributed by atoms with Gasteiger partial charge in [0.25, 0.3) is 0 Å². The molecule has 0 radical (unpaired) electrons. The Balaban J connectivity index is 1.28. The van der Waals surface area contributed by atoms with Crippen LogP contribution in [0.1, 0.15) is 58.8 Å². The van der Waals surface area contributed by atoms with Crippen LogP contribution in [0.3, 0.4) is 0 Å². The number of hydrogen-bond donors (Lipinski definition) is 2. The summed E-state index contributed by atoms with van der Waals surface area (Å²) in [5.41, 5.74) is 0. The molecule has 3 unspecified atom stereocenters. The van der Waals surface area contributed by atoms with Gasteiger partial charge in [0.2, 0.25) is 5.91 Å². The first kappa shape index (κ1) is 22.2. The smallest absolute Gasteiger partial charge is 0.224 e. The van der Waals surface area contributed by atoms with Gasteiger partial charge in [0.05, 0.1) is 19.1 Å². The van der Waals surface area contributed by atoms with E-state index in [1.54, 1.807) is 0 Å². The standard InChI is InChI=1S/C23H38N2O4/c1-3-20(17(2)23(26)25-14-18-8-4-5-9-18)24-12-13-27-15-19-16-28-21-10-6-7-11-22(21)29-19/h7,11,17-20,24H,3-6,8-10,12-16H2,1-2H3,(H,25,26). The maximum absolute atomic E-state index is 12.5. The highest BCUT2D eigenvalue weighted by atomic mass is 16.6. The van der Waals surface area contributed by atoms with Crippen molar-refractivity contribution in [1.82, 2.24) is 10.6 Å². The van der Waals surface area contributed by atoms with Crippen LogP contribution in [0.4, 0.5) is 0 Å². The summed E-state index contributed by atoms with van der Waals surface area (Å²) in [6.45, 7) is 7.35. The first-order valence-electron chi connectivity index (χ1n) is 11.4. The molecule has 29 heavy (non-hydrogen) atoms. The summed E-state index contributed by atoms with van der Waals surface area (Å²) >= 11 is 0. The summed E-state index contributed by atoms with van der Waals surface area (Å²) in [5, 5.41) is 6.64. The third-order valence-corrected chi connectivity index (χ3v) is 6.27. The number of amides is 1. The molecule has 0 saturated heterocycles. The van der Waals surface area contributed by atoms with Crippen LogP contribution in [0, 0.1) is 11.8 Å². The fourth-order valence-corrected chi connectivity index (χ4v) is 4.37. The van der Waals surface area contributed by atoms with E-state index in [2.05, 4.69) is 23.6 Å². The number of rotatable bonds is 11. The van der Waals surface area contributed by atoms with Crippen molar-refractivity contribution >= 4 is 5.91 Å². The van der Waals surface area contributed by atoms with E-state index in [-0.39, 0.29) is 24.0 Å². The largest absolute Gasteiger partial charge is 0.490 e. The van der Waals surface area contributed by atoms with Gasteiger partial charge in [-0.2, -0.15) is 0 Å². The van der Waals surface area contributed by atoms with Crippen molar-refractivity contribution in [1.29, 1.82) is 0 Å². The molecule has 3 aliphatic rings. The first-order chi connectivity index (χ1) is 14.2. The van der Waals surface area contributed by atoms with Gasteiger partial charge < -0.3 is 24.8 Å². The van der Waals surface area contributed by atoms with Crippen LogP contribution in [-0.2, 0) is 19.0 Å². The molecule has 0 aromatic rings. The van der Waals surface area contributed by atoms with E-state index in [9.17, 15) is 4.79 Å². The lowest BCUT2D eigenvalue weighted by Gasteiger charge is -2.29. The van der Waals surface area contributed by atoms with Crippen molar-refractivity contribution in [2.45, 2.75) is 70.9 Å². The molecule has 0 aromatic carbocycles. The van der Waals surface area contributed by atoms with Crippen LogP contribution in [-0.4, -0.2) is 51.0 Å². The predicted octanol–water partition coefficient (Wildman–Crippen LogP) is 3.29. The Kier molecular flexibility index (Phi) is 8.87. The summed E-state index contributed by atoms with van der Waals surface area (Å²) in [6, 6.07) is 0.163. The van der Waals surface area contributed by atoms with Gasteiger partial charge in [0.15, 0.2) is 11.9 Å². The molecule has 0 aromatic heterocycles. The Hall–Kier alpha value is -1.53. The average Bonchev–Trinajstić information content (AvgIpc) is 3.27. The summed E-state index contributed by atoms with van der Waals surface area (Å²) in [5.74, 6) is 2.62. The second kappa shape index (κ2) is 11.6. The van der Waals surface area contributed by atoms with Crippen molar-refractivity contribution in [2.24, 2.45) is 11.8 Å². The molecule has 0 spiro atoms. The monoisotopic (exact) mass is 406 g/mol. The van der Waals surface area contributed by atoms with Gasteiger partial charge in [-0.15, -0.1) is 0 Å². The highest BCUT2D eigenvalue weighted by Crippen LogP contribution is 2.26. The Morgan fingerprint density at radius 2 is 2.17 bits per heavy atom. The number of nitrogens with one attached hydrogen (secondary N) is 2. The molecule has 1 aliphatic heterocycles. The van der Waals surface area contributed by atoms with Gasteiger partial charge >= 0.3 is 0 Å². The molecule has 6 nitrogen and oxygen atoms in total. The number of carbonyl (C=O) groups is 1. The molecule has 0 bridgehead atoms. The third kappa shape index (κ3) is 6.75. The van der Waals surface area contributed by atoms with Crippen molar-refractivity contribution in [3.8, 4) is 0 Å². The molecule has 6 heteroatoms. The number of allylic oxidation sites excluding steroid dienone is 3. The molecule has 1 saturated carbocycles. The molecular weight excluding hydrogens is 368 g/mol. The summed E-state index contributed by atoms with van der Waals surface area (Å²) < 4.78 is 17.5. The Labute approximate surface area is 175 Å². The Bertz CT molecular complexity index is 583. The van der Waals surface area contributed by atoms with E-state index in [0.29, 0.717) is 25.7 Å². The van der Waals surface area contributed by atoms with Crippen LogP contribution in [0.2, 0.25) is 0 Å². The van der Waals surface area contributed by atoms with Gasteiger partial charge in [-0.3, -0.25) is 4.79 Å². The van der Waals surface area contributed by atoms with Gasteiger partial charge in [-0.25, -0.2) is 0 Å². The minimum atomic E-state index is -0.0567. The van der Waals surface area contributed by atoms with Crippen molar-refractivity contribution in [3.63, 3.8) is 0 Å². The molecule has 3 atom stereocenters. The van der Waals surface area contributed by atoms with E-state index in [4.69, 9.17) is 14.2 Å².